The molecular weight excluding hydrogens is 1510 g/mol. The molecule has 628 valence electrons. The second kappa shape index (κ2) is 52.0. The zero-order chi connectivity index (χ0) is 82.8. The Hall–Kier alpha value is -8.65. The monoisotopic (exact) mass is 1630 g/mol. The van der Waals surface area contributed by atoms with Crippen LogP contribution in [-0.2, 0) is 58.8 Å². The average molecular weight is 1630 g/mol. The molecule has 6 aromatic rings. The van der Waals surface area contributed by atoms with Crippen LogP contribution in [-0.4, -0.2) is 209 Å². The Bertz CT molecular complexity index is 3900. The van der Waals surface area contributed by atoms with Crippen LogP contribution in [0.1, 0.15) is 156 Å². The van der Waals surface area contributed by atoms with E-state index >= 15 is 0 Å². The predicted molar refractivity (Wildman–Crippen MR) is 445 cm³/mol. The molecular formula is C83H126N10O17S3. The molecule has 3 aromatic heterocycles. The smallest absolute Gasteiger partial charge is 0.293 e. The van der Waals surface area contributed by atoms with Gasteiger partial charge < -0.3 is 49.6 Å². The molecule has 3 fully saturated rings. The van der Waals surface area contributed by atoms with E-state index in [0.29, 0.717) is 174 Å². The number of carbonyl (C=O) groups is 5. The Balaban J connectivity index is 0.000000396. The molecule has 4 N–H and O–H groups in total. The summed E-state index contributed by atoms with van der Waals surface area (Å²) in [7, 11) is -1.26. The maximum absolute atomic E-state index is 13.1. The van der Waals surface area contributed by atoms with Crippen molar-refractivity contribution in [3.8, 4) is 17.2 Å². The second-order valence-corrected chi connectivity index (χ2v) is 34.3. The van der Waals surface area contributed by atoms with Crippen molar-refractivity contribution in [3.05, 3.63) is 143 Å². The minimum atomic E-state index is -3.59. The van der Waals surface area contributed by atoms with Crippen molar-refractivity contribution in [1.82, 2.24) is 27.9 Å². The summed E-state index contributed by atoms with van der Waals surface area (Å²) in [4.78, 5) is 72.0. The number of aryl methyl sites for hydroxylation is 6. The van der Waals surface area contributed by atoms with E-state index < -0.39 is 30.1 Å². The number of unbranched alkanes of at least 4 members (excludes halogenated alkanes) is 3. The van der Waals surface area contributed by atoms with Gasteiger partial charge in [-0.05, 0) is 262 Å². The van der Waals surface area contributed by atoms with Crippen LogP contribution in [0.25, 0.3) is 0 Å². The molecule has 0 aliphatic carbocycles. The van der Waals surface area contributed by atoms with Crippen molar-refractivity contribution < 1.29 is 78.4 Å². The van der Waals surface area contributed by atoms with Gasteiger partial charge in [-0.3, -0.25) is 38.9 Å². The van der Waals surface area contributed by atoms with Gasteiger partial charge in [0.05, 0.1) is 42.6 Å². The molecule has 9 rings (SSSR count). The minimum Gasteiger partial charge on any atom is -0.497 e. The number of carboxylic acid groups (broad SMARTS) is 2. The number of rotatable bonds is 35. The van der Waals surface area contributed by atoms with Gasteiger partial charge in [-0.2, -0.15) is 0 Å². The molecule has 3 aliphatic rings. The lowest BCUT2D eigenvalue weighted by molar-refractivity contribution is -0.129. The highest BCUT2D eigenvalue weighted by atomic mass is 32.2. The highest BCUT2D eigenvalue weighted by Crippen LogP contribution is 2.33. The second-order valence-electron chi connectivity index (χ2n) is 28.3. The Kier molecular flexibility index (Phi) is 45.3. The third kappa shape index (κ3) is 32.6. The molecule has 3 aliphatic heterocycles. The number of piperidine rings is 3. The molecule has 27 nitrogen and oxygen atoms in total. The first kappa shape index (κ1) is 98.5. The number of nitrogens with zero attached hydrogens (tertiary/aromatic N) is 9. The number of pyridine rings is 3. The zero-order valence-electron chi connectivity index (χ0n) is 67.7. The van der Waals surface area contributed by atoms with Crippen molar-refractivity contribution in [1.29, 1.82) is 0 Å². The molecule has 0 amide bonds. The topological polar surface area (TPSA) is 349 Å². The number of sulfonamides is 3. The van der Waals surface area contributed by atoms with E-state index in [1.54, 1.807) is 120 Å². The van der Waals surface area contributed by atoms with Crippen molar-refractivity contribution in [2.24, 2.45) is 23.5 Å². The van der Waals surface area contributed by atoms with E-state index in [4.69, 9.17) is 39.7 Å². The lowest BCUT2D eigenvalue weighted by Crippen LogP contribution is -2.35. The average Bonchev–Trinajstić information content (AvgIpc) is 0.795. The van der Waals surface area contributed by atoms with E-state index in [1.165, 1.54) is 42.8 Å². The fourth-order valence-electron chi connectivity index (χ4n) is 14.0. The van der Waals surface area contributed by atoms with Crippen molar-refractivity contribution >= 4 is 78.1 Å². The highest BCUT2D eigenvalue weighted by Gasteiger charge is 2.30. The van der Waals surface area contributed by atoms with Gasteiger partial charge in [0.15, 0.2) is 0 Å². The van der Waals surface area contributed by atoms with Gasteiger partial charge in [0.2, 0.25) is 30.1 Å². The molecule has 3 saturated heterocycles. The molecule has 0 spiro atoms. The van der Waals surface area contributed by atoms with Crippen LogP contribution in [0, 0.1) is 59.3 Å². The Morgan fingerprint density at radius 3 is 0.929 bits per heavy atom. The number of anilines is 3. The summed E-state index contributed by atoms with van der Waals surface area (Å²) in [6.45, 7) is 19.2. The normalized spacial score (nSPS) is 14.0. The number of ketones is 2. The number of hydrogen-bond donors (Lipinski definition) is 3. The third-order valence-electron chi connectivity index (χ3n) is 20.3. The maximum Gasteiger partial charge on any atom is 0.293 e. The van der Waals surface area contributed by atoms with E-state index in [2.05, 4.69) is 46.5 Å². The van der Waals surface area contributed by atoms with E-state index in [1.807, 2.05) is 61.4 Å². The van der Waals surface area contributed by atoms with Crippen LogP contribution in [0.2, 0.25) is 0 Å². The number of aromatic nitrogens is 3. The summed E-state index contributed by atoms with van der Waals surface area (Å²) in [6, 6.07) is 22.7. The molecule has 0 unspecified atom stereocenters. The summed E-state index contributed by atoms with van der Waals surface area (Å²) in [5, 5.41) is 13.8. The molecule has 6 heterocycles. The standard InChI is InChI=1S/2C27H39N3O4S.C15H23NO5S.C11H17N3.2CH2O2.CH4/c2*1-21-19-26(34-4)20-22(2)27(21)35(32,33)29(3)16-6-5-7-25(31)9-8-23-12-17-30(18-13-23)24-10-14-28-15-11-24;1-12-9-14(20-4)10-13(2)15(12)22(18,19)16(3)7-5-6-8-21-11-17;12-9-10-3-7-14(8-4-10)11-1-5-13-6-2-11;2*2-1-3;/h2*10-11,14-15,19-20,23H,5-9,12-13,16-18H2,1-4H3;9-11H,5-8H2,1-4H3;1-2,5-6,10H,3-4,7-9,12H2;2*1H,(H,2,3);1H4. The van der Waals surface area contributed by atoms with E-state index in [0.717, 1.165) is 90.3 Å². The predicted octanol–water partition coefficient (Wildman–Crippen LogP) is 12.7. The van der Waals surface area contributed by atoms with Gasteiger partial charge >= 0.3 is 0 Å². The molecule has 0 atom stereocenters. The summed E-state index contributed by atoms with van der Waals surface area (Å²) >= 11 is 0. The molecule has 0 bridgehead atoms. The van der Waals surface area contributed by atoms with Crippen LogP contribution >= 0.6 is 0 Å². The summed E-state index contributed by atoms with van der Waals surface area (Å²) in [6.07, 6.45) is 26.1. The largest absolute Gasteiger partial charge is 0.497 e. The van der Waals surface area contributed by atoms with E-state index in [-0.39, 0.29) is 31.9 Å². The van der Waals surface area contributed by atoms with Crippen LogP contribution in [0.4, 0.5) is 17.1 Å². The zero-order valence-corrected chi connectivity index (χ0v) is 70.2. The first-order valence-electron chi connectivity index (χ1n) is 38.3. The van der Waals surface area contributed by atoms with Crippen LogP contribution in [0.15, 0.2) is 125 Å². The SMILES string of the molecule is C.COc1cc(C)c(S(=O)(=O)N(C)CCCCC(=O)CCC2CCN(c3ccncc3)CC2)c(C)c1.COc1cc(C)c(S(=O)(=O)N(C)CCCCC(=O)CCC2CCN(c3ccncc3)CC2)c(C)c1.COc1cc(C)c(S(=O)(=O)N(C)CCCCOC=O)c(C)c1.NCC1CCN(c2ccncc2)CC1.O=CO.O=CO. The quantitative estimate of drug-likeness (QED) is 0.0246. The summed E-state index contributed by atoms with van der Waals surface area (Å²) in [5.41, 5.74) is 13.4. The minimum absolute atomic E-state index is 0. The van der Waals surface area contributed by atoms with Gasteiger partial charge in [0.1, 0.15) is 28.8 Å². The third-order valence-corrected chi connectivity index (χ3v) is 26.8. The van der Waals surface area contributed by atoms with Crippen molar-refractivity contribution in [2.45, 2.75) is 179 Å². The molecule has 30 heteroatoms. The Morgan fingerprint density at radius 1 is 0.442 bits per heavy atom. The Morgan fingerprint density at radius 2 is 0.690 bits per heavy atom. The van der Waals surface area contributed by atoms with E-state index in [9.17, 15) is 39.6 Å². The molecule has 0 radical (unpaired) electrons. The first-order valence-corrected chi connectivity index (χ1v) is 42.6. The van der Waals surface area contributed by atoms with Crippen LogP contribution in [0.5, 0.6) is 17.2 Å². The van der Waals surface area contributed by atoms with Gasteiger partial charge in [-0.25, -0.2) is 38.2 Å². The number of hydrogen-bond acceptors (Lipinski definition) is 22. The first-order chi connectivity index (χ1) is 53.5. The van der Waals surface area contributed by atoms with Crippen molar-refractivity contribution in [2.75, 3.05) is 129 Å². The van der Waals surface area contributed by atoms with Crippen molar-refractivity contribution in [3.63, 3.8) is 0 Å². The van der Waals surface area contributed by atoms with Crippen LogP contribution < -0.4 is 34.6 Å². The number of nitrogens with two attached hydrogens (primary N) is 1. The molecule has 0 saturated carbocycles. The maximum atomic E-state index is 13.1. The Labute approximate surface area is 673 Å². The summed E-state index contributed by atoms with van der Waals surface area (Å²) in [5.74, 6) is 4.45. The fourth-order valence-corrected chi connectivity index (χ4v) is 18.9. The van der Waals surface area contributed by atoms with Gasteiger partial charge in [-0.15, -0.1) is 0 Å². The summed E-state index contributed by atoms with van der Waals surface area (Å²) < 4.78 is 102. The number of methoxy groups -OCH3 is 3. The highest BCUT2D eigenvalue weighted by molar-refractivity contribution is 7.89. The number of Topliss-reactive ketones (excluding diaryl/α,β-unsaturated/α-hetero) is 2. The molecule has 113 heavy (non-hydrogen) atoms. The van der Waals surface area contributed by atoms with Gasteiger partial charge in [0, 0.05) is 160 Å². The number of ether oxygens (including phenoxy) is 4. The number of benzene rings is 3. The molecule has 3 aromatic carbocycles. The van der Waals surface area contributed by atoms with Crippen LogP contribution in [0.3, 0.4) is 0 Å². The fraction of sp³-hybridized carbons (Fsp3) is 0.542. The lowest BCUT2D eigenvalue weighted by Gasteiger charge is -2.33. The number of carbonyl (C=O) groups excluding carboxylic acids is 3. The van der Waals surface area contributed by atoms with Gasteiger partial charge in [0.25, 0.3) is 19.4 Å². The lowest BCUT2D eigenvalue weighted by atomic mass is 9.90. The van der Waals surface area contributed by atoms with Gasteiger partial charge in [-0.1, -0.05) is 7.43 Å².